The second kappa shape index (κ2) is 4.80. The van der Waals surface area contributed by atoms with Gasteiger partial charge in [-0.05, 0) is 19.1 Å². The number of halogens is 1. The van der Waals surface area contributed by atoms with Crippen molar-refractivity contribution >= 4 is 0 Å². The Morgan fingerprint density at radius 2 is 2.22 bits per heavy atom. The molecular formula is C13H10FN3O. The average Bonchev–Trinajstić information content (AvgIpc) is 2.35. The molecule has 0 saturated carbocycles. The van der Waals surface area contributed by atoms with Crippen molar-refractivity contribution in [3.63, 3.8) is 0 Å². The molecule has 0 fully saturated rings. The van der Waals surface area contributed by atoms with Crippen LogP contribution in [0.3, 0.4) is 0 Å². The number of benzene rings is 1. The Morgan fingerprint density at radius 3 is 2.89 bits per heavy atom. The maximum Gasteiger partial charge on any atom is 0.348 e. The molecule has 0 bridgehead atoms. The first-order valence-electron chi connectivity index (χ1n) is 5.33. The Labute approximate surface area is 103 Å². The zero-order valence-electron chi connectivity index (χ0n) is 9.72. The highest BCUT2D eigenvalue weighted by Crippen LogP contribution is 2.12. The third-order valence-electron chi connectivity index (χ3n) is 2.55. The van der Waals surface area contributed by atoms with Crippen LogP contribution in [0, 0.1) is 24.1 Å². The van der Waals surface area contributed by atoms with Gasteiger partial charge < -0.3 is 0 Å². The van der Waals surface area contributed by atoms with Gasteiger partial charge in [0, 0.05) is 17.5 Å². The van der Waals surface area contributed by atoms with Crippen molar-refractivity contribution in [3.8, 4) is 6.07 Å². The highest BCUT2D eigenvalue weighted by Gasteiger charge is 2.08. The van der Waals surface area contributed by atoms with Crippen LogP contribution in [-0.4, -0.2) is 9.55 Å². The third-order valence-corrected chi connectivity index (χ3v) is 2.55. The zero-order valence-corrected chi connectivity index (χ0v) is 9.72. The summed E-state index contributed by atoms with van der Waals surface area (Å²) in [5.41, 5.74) is 0.446. The Bertz CT molecular complexity index is 685. The topological polar surface area (TPSA) is 58.7 Å². The average molecular weight is 243 g/mol. The van der Waals surface area contributed by atoms with Gasteiger partial charge in [0.25, 0.3) is 0 Å². The fraction of sp³-hybridized carbons (Fsp3) is 0.154. The summed E-state index contributed by atoms with van der Waals surface area (Å²) in [7, 11) is 0. The van der Waals surface area contributed by atoms with Crippen LogP contribution in [0.4, 0.5) is 4.39 Å². The summed E-state index contributed by atoms with van der Waals surface area (Å²) in [6.07, 6.45) is 1.56. The van der Waals surface area contributed by atoms with Crippen molar-refractivity contribution < 1.29 is 4.39 Å². The molecule has 0 radical (unpaired) electrons. The molecule has 2 rings (SSSR count). The maximum absolute atomic E-state index is 13.8. The first-order valence-corrected chi connectivity index (χ1v) is 5.33. The number of hydrogen-bond acceptors (Lipinski definition) is 3. The molecule has 0 unspecified atom stereocenters. The second-order valence-corrected chi connectivity index (χ2v) is 3.87. The fourth-order valence-corrected chi connectivity index (χ4v) is 1.61. The lowest BCUT2D eigenvalue weighted by molar-refractivity contribution is 0.589. The quantitative estimate of drug-likeness (QED) is 0.805. The van der Waals surface area contributed by atoms with Gasteiger partial charge in [0.1, 0.15) is 11.9 Å². The van der Waals surface area contributed by atoms with E-state index in [9.17, 15) is 9.18 Å². The minimum absolute atomic E-state index is 0.0272. The van der Waals surface area contributed by atoms with Gasteiger partial charge in [-0.2, -0.15) is 10.2 Å². The van der Waals surface area contributed by atoms with Crippen molar-refractivity contribution in [1.29, 1.82) is 5.26 Å². The van der Waals surface area contributed by atoms with Crippen LogP contribution in [0.5, 0.6) is 0 Å². The predicted molar refractivity (Wildman–Crippen MR) is 63.5 cm³/mol. The van der Waals surface area contributed by atoms with E-state index in [-0.39, 0.29) is 12.1 Å². The number of aryl methyl sites for hydroxylation is 1. The van der Waals surface area contributed by atoms with Crippen LogP contribution in [0.1, 0.15) is 16.8 Å². The van der Waals surface area contributed by atoms with Gasteiger partial charge in [-0.1, -0.05) is 12.1 Å². The van der Waals surface area contributed by atoms with Gasteiger partial charge in [-0.15, -0.1) is 0 Å². The highest BCUT2D eigenvalue weighted by atomic mass is 19.1. The van der Waals surface area contributed by atoms with Gasteiger partial charge in [0.2, 0.25) is 0 Å². The zero-order chi connectivity index (χ0) is 13.1. The molecule has 0 aliphatic rings. The smallest absolute Gasteiger partial charge is 0.295 e. The summed E-state index contributed by atoms with van der Waals surface area (Å²) < 4.78 is 15.1. The molecule has 0 amide bonds. The van der Waals surface area contributed by atoms with Gasteiger partial charge in [-0.3, -0.25) is 4.57 Å². The Morgan fingerprint density at radius 1 is 1.44 bits per heavy atom. The van der Waals surface area contributed by atoms with E-state index in [1.54, 1.807) is 37.4 Å². The van der Waals surface area contributed by atoms with E-state index in [1.807, 2.05) is 0 Å². The number of rotatable bonds is 2. The van der Waals surface area contributed by atoms with Crippen molar-refractivity contribution in [2.45, 2.75) is 13.5 Å². The van der Waals surface area contributed by atoms with Crippen LogP contribution >= 0.6 is 0 Å². The Hall–Kier alpha value is -2.48. The number of nitrogens with zero attached hydrogens (tertiary/aromatic N) is 3. The molecule has 0 atom stereocenters. The summed E-state index contributed by atoms with van der Waals surface area (Å²) in [6, 6.07) is 7.97. The standard InChI is InChI=1S/C13H10FN3O/c1-9-5-6-17(13(18)16-9)8-11-4-2-3-10(7-15)12(11)14/h2-6H,8H2,1H3. The van der Waals surface area contributed by atoms with Gasteiger partial charge in [-0.25, -0.2) is 9.18 Å². The highest BCUT2D eigenvalue weighted by molar-refractivity contribution is 5.35. The van der Waals surface area contributed by atoms with Gasteiger partial charge in [0.15, 0.2) is 0 Å². The van der Waals surface area contributed by atoms with E-state index in [1.165, 1.54) is 10.6 Å². The summed E-state index contributed by atoms with van der Waals surface area (Å²) in [6.45, 7) is 1.77. The number of aromatic nitrogens is 2. The van der Waals surface area contributed by atoms with Crippen LogP contribution in [0.25, 0.3) is 0 Å². The SMILES string of the molecule is Cc1ccn(Cc2cccc(C#N)c2F)c(=O)n1. The summed E-state index contributed by atoms with van der Waals surface area (Å²) >= 11 is 0. The van der Waals surface area contributed by atoms with Crippen molar-refractivity contribution in [1.82, 2.24) is 9.55 Å². The molecule has 1 heterocycles. The minimum Gasteiger partial charge on any atom is -0.295 e. The molecule has 90 valence electrons. The Kier molecular flexibility index (Phi) is 3.20. The van der Waals surface area contributed by atoms with Crippen LogP contribution in [0.15, 0.2) is 35.3 Å². The molecule has 0 saturated heterocycles. The third kappa shape index (κ3) is 2.28. The maximum atomic E-state index is 13.8. The largest absolute Gasteiger partial charge is 0.348 e. The molecule has 0 N–H and O–H groups in total. The lowest BCUT2D eigenvalue weighted by atomic mass is 10.1. The van der Waals surface area contributed by atoms with Crippen molar-refractivity contribution in [2.24, 2.45) is 0 Å². The van der Waals surface area contributed by atoms with Gasteiger partial charge >= 0.3 is 5.69 Å². The molecule has 4 nitrogen and oxygen atoms in total. The number of hydrogen-bond donors (Lipinski definition) is 0. The van der Waals surface area contributed by atoms with E-state index < -0.39 is 11.5 Å². The molecule has 0 aliphatic heterocycles. The molecule has 18 heavy (non-hydrogen) atoms. The normalized spacial score (nSPS) is 10.1. The number of nitriles is 1. The summed E-state index contributed by atoms with van der Waals surface area (Å²) in [5, 5.41) is 8.73. The molecule has 0 spiro atoms. The lowest BCUT2D eigenvalue weighted by Gasteiger charge is -2.07. The molecule has 5 heteroatoms. The fourth-order valence-electron chi connectivity index (χ4n) is 1.61. The summed E-state index contributed by atoms with van der Waals surface area (Å²) in [5.74, 6) is -0.590. The second-order valence-electron chi connectivity index (χ2n) is 3.87. The Balaban J connectivity index is 2.41. The molecule has 2 aromatic rings. The van der Waals surface area contributed by atoms with Crippen LogP contribution in [-0.2, 0) is 6.54 Å². The monoisotopic (exact) mass is 243 g/mol. The molecule has 1 aromatic carbocycles. The predicted octanol–water partition coefficient (Wildman–Crippen LogP) is 1.61. The van der Waals surface area contributed by atoms with Gasteiger partial charge in [0.05, 0.1) is 12.1 Å². The van der Waals surface area contributed by atoms with Crippen LogP contribution in [0.2, 0.25) is 0 Å². The van der Waals surface area contributed by atoms with E-state index in [2.05, 4.69) is 4.98 Å². The van der Waals surface area contributed by atoms with E-state index in [0.717, 1.165) is 0 Å². The summed E-state index contributed by atoms with van der Waals surface area (Å²) in [4.78, 5) is 15.3. The molecule has 1 aromatic heterocycles. The molecular weight excluding hydrogens is 233 g/mol. The first kappa shape index (κ1) is 12.0. The van der Waals surface area contributed by atoms with E-state index in [4.69, 9.17) is 5.26 Å². The lowest BCUT2D eigenvalue weighted by Crippen LogP contribution is -2.23. The molecule has 0 aliphatic carbocycles. The van der Waals surface area contributed by atoms with Crippen molar-refractivity contribution in [3.05, 3.63) is 63.6 Å². The van der Waals surface area contributed by atoms with E-state index >= 15 is 0 Å². The van der Waals surface area contributed by atoms with E-state index in [0.29, 0.717) is 11.3 Å². The first-order chi connectivity index (χ1) is 8.61. The minimum atomic E-state index is -0.590. The van der Waals surface area contributed by atoms with Crippen molar-refractivity contribution in [2.75, 3.05) is 0 Å². The van der Waals surface area contributed by atoms with Crippen LogP contribution < -0.4 is 5.69 Å².